The van der Waals surface area contributed by atoms with Crippen molar-refractivity contribution >= 4 is 51.0 Å². The number of hydrogen-bond donors (Lipinski definition) is 0. The van der Waals surface area contributed by atoms with Gasteiger partial charge >= 0.3 is 7.32 Å². The van der Waals surface area contributed by atoms with Gasteiger partial charge in [0.05, 0.1) is 8.41 Å². The Labute approximate surface area is 197 Å². The molecule has 0 aromatic heterocycles. The summed E-state index contributed by atoms with van der Waals surface area (Å²) in [5.41, 5.74) is 0. The SMILES string of the molecule is B.CC(C)CCSCCOB(OCCSCCC(C)C)OCCSCCC(C)C. The molecule has 0 radical (unpaired) electrons. The molecular weight excluding hydrogens is 418 g/mol. The van der Waals surface area contributed by atoms with Crippen molar-refractivity contribution in [2.75, 3.05) is 54.3 Å². The molecule has 29 heavy (non-hydrogen) atoms. The van der Waals surface area contributed by atoms with E-state index in [2.05, 4.69) is 41.5 Å². The third-order valence-corrected chi connectivity index (χ3v) is 6.90. The van der Waals surface area contributed by atoms with Crippen molar-refractivity contribution in [3.8, 4) is 0 Å². The summed E-state index contributed by atoms with van der Waals surface area (Å²) in [6.45, 7) is 15.7. The zero-order chi connectivity index (χ0) is 21.0. The number of thioether (sulfide) groups is 3. The quantitative estimate of drug-likeness (QED) is 0.171. The van der Waals surface area contributed by atoms with E-state index in [1.807, 2.05) is 35.3 Å². The molecule has 0 rings (SSSR count). The molecule has 174 valence electrons. The molecule has 0 spiro atoms. The molecule has 0 bridgehead atoms. The lowest BCUT2D eigenvalue weighted by Crippen LogP contribution is -2.30. The highest BCUT2D eigenvalue weighted by atomic mass is 32.2. The van der Waals surface area contributed by atoms with Gasteiger partial charge in [0.2, 0.25) is 0 Å². The predicted molar refractivity (Wildman–Crippen MR) is 144 cm³/mol. The fourth-order valence-corrected chi connectivity index (χ4v) is 5.19. The van der Waals surface area contributed by atoms with Crippen LogP contribution in [0.15, 0.2) is 0 Å². The van der Waals surface area contributed by atoms with Crippen LogP contribution in [0.3, 0.4) is 0 Å². The van der Waals surface area contributed by atoms with Crippen molar-refractivity contribution in [3.05, 3.63) is 0 Å². The van der Waals surface area contributed by atoms with Crippen LogP contribution in [0.1, 0.15) is 60.8 Å². The molecule has 0 unspecified atom stereocenters. The average Bonchev–Trinajstić information content (AvgIpc) is 2.62. The van der Waals surface area contributed by atoms with Crippen LogP contribution in [0, 0.1) is 17.8 Å². The van der Waals surface area contributed by atoms with E-state index >= 15 is 0 Å². The zero-order valence-corrected chi connectivity index (χ0v) is 21.7. The fraction of sp³-hybridized carbons (Fsp3) is 1.00. The molecule has 0 aliphatic rings. The van der Waals surface area contributed by atoms with E-state index in [-0.39, 0.29) is 8.41 Å². The largest absolute Gasteiger partial charge is 0.639 e. The highest BCUT2D eigenvalue weighted by Gasteiger charge is 2.21. The van der Waals surface area contributed by atoms with Gasteiger partial charge in [-0.2, -0.15) is 35.3 Å². The normalized spacial score (nSPS) is 11.5. The first-order valence-electron chi connectivity index (χ1n) is 11.0. The van der Waals surface area contributed by atoms with E-state index in [0.29, 0.717) is 19.8 Å². The van der Waals surface area contributed by atoms with E-state index in [4.69, 9.17) is 14.0 Å². The lowest BCUT2D eigenvalue weighted by Gasteiger charge is -2.15. The highest BCUT2D eigenvalue weighted by molar-refractivity contribution is 7.99. The summed E-state index contributed by atoms with van der Waals surface area (Å²) < 4.78 is 17.6. The maximum atomic E-state index is 5.85. The Balaban J connectivity index is 0. The minimum Gasteiger partial charge on any atom is -0.385 e. The summed E-state index contributed by atoms with van der Waals surface area (Å²) in [6.07, 6.45) is 3.80. The number of rotatable bonds is 21. The molecule has 0 aliphatic heterocycles. The van der Waals surface area contributed by atoms with Crippen molar-refractivity contribution in [2.45, 2.75) is 60.8 Å². The van der Waals surface area contributed by atoms with Crippen LogP contribution in [-0.2, 0) is 14.0 Å². The topological polar surface area (TPSA) is 27.7 Å². The molecule has 0 aliphatic carbocycles. The zero-order valence-electron chi connectivity index (χ0n) is 19.2. The molecule has 0 N–H and O–H groups in total. The molecule has 8 heteroatoms. The summed E-state index contributed by atoms with van der Waals surface area (Å²) in [5, 5.41) is 0. The first kappa shape index (κ1) is 32.2. The molecule has 0 fully saturated rings. The molecular formula is C21H48B2O3S3. The second-order valence-corrected chi connectivity index (χ2v) is 12.0. The Morgan fingerprint density at radius 1 is 0.517 bits per heavy atom. The Morgan fingerprint density at radius 2 is 0.793 bits per heavy atom. The van der Waals surface area contributed by atoms with Gasteiger partial charge in [-0.05, 0) is 54.3 Å². The van der Waals surface area contributed by atoms with Gasteiger partial charge in [0.15, 0.2) is 0 Å². The molecule has 3 nitrogen and oxygen atoms in total. The van der Waals surface area contributed by atoms with Gasteiger partial charge in [-0.15, -0.1) is 0 Å². The third kappa shape index (κ3) is 27.0. The maximum absolute atomic E-state index is 5.85. The Kier molecular flexibility index (Phi) is 26.4. The predicted octanol–water partition coefficient (Wildman–Crippen LogP) is 5.18. The summed E-state index contributed by atoms with van der Waals surface area (Å²) in [6, 6.07) is 0. The molecule has 0 atom stereocenters. The van der Waals surface area contributed by atoms with E-state index < -0.39 is 7.32 Å². The molecule has 0 aromatic rings. The van der Waals surface area contributed by atoms with Gasteiger partial charge < -0.3 is 14.0 Å². The first-order chi connectivity index (χ1) is 13.4. The second kappa shape index (κ2) is 23.7. The second-order valence-electron chi connectivity index (χ2n) is 8.29. The van der Waals surface area contributed by atoms with Crippen LogP contribution < -0.4 is 0 Å². The maximum Gasteiger partial charge on any atom is 0.639 e. The summed E-state index contributed by atoms with van der Waals surface area (Å²) in [5.74, 6) is 8.93. The van der Waals surface area contributed by atoms with Crippen molar-refractivity contribution in [1.82, 2.24) is 0 Å². The Bertz CT molecular complexity index is 278. The molecule has 0 aromatic carbocycles. The monoisotopic (exact) mass is 466 g/mol. The van der Waals surface area contributed by atoms with Gasteiger partial charge in [-0.3, -0.25) is 0 Å². The Morgan fingerprint density at radius 3 is 1.03 bits per heavy atom. The van der Waals surface area contributed by atoms with Gasteiger partial charge in [0.25, 0.3) is 0 Å². The standard InChI is InChI=1S/C21H45BO3S3.BH3/c1-19(2)7-13-26-16-10-23-22(24-11-17-27-14-8-20(3)4)25-12-18-28-15-9-21(5)6;/h19-21H,7-18H2,1-6H3;1H3. The smallest absolute Gasteiger partial charge is 0.385 e. The highest BCUT2D eigenvalue weighted by Crippen LogP contribution is 2.11. The lowest BCUT2D eigenvalue weighted by atomic mass is 10.2. The first-order valence-corrected chi connectivity index (χ1v) is 14.5. The van der Waals surface area contributed by atoms with Gasteiger partial charge in [0, 0.05) is 37.1 Å². The van der Waals surface area contributed by atoms with Crippen LogP contribution in [-0.4, -0.2) is 70.1 Å². The summed E-state index contributed by atoms with van der Waals surface area (Å²) in [4.78, 5) is 0. The van der Waals surface area contributed by atoms with Crippen LogP contribution in [0.5, 0.6) is 0 Å². The van der Waals surface area contributed by atoms with E-state index in [1.54, 1.807) is 0 Å². The van der Waals surface area contributed by atoms with Gasteiger partial charge in [-0.1, -0.05) is 41.5 Å². The third-order valence-electron chi connectivity index (χ3n) is 3.96. The van der Waals surface area contributed by atoms with Crippen molar-refractivity contribution in [2.24, 2.45) is 17.8 Å². The molecule has 0 amide bonds. The van der Waals surface area contributed by atoms with Crippen LogP contribution in [0.2, 0.25) is 0 Å². The Hall–Kier alpha value is 1.06. The van der Waals surface area contributed by atoms with Gasteiger partial charge in [0.1, 0.15) is 0 Å². The van der Waals surface area contributed by atoms with E-state index in [1.165, 1.54) is 36.5 Å². The van der Waals surface area contributed by atoms with Crippen molar-refractivity contribution in [3.63, 3.8) is 0 Å². The summed E-state index contributed by atoms with van der Waals surface area (Å²) in [7, 11) is -0.512. The lowest BCUT2D eigenvalue weighted by molar-refractivity contribution is 0.109. The molecule has 0 saturated carbocycles. The molecule has 0 saturated heterocycles. The van der Waals surface area contributed by atoms with Crippen LogP contribution in [0.4, 0.5) is 0 Å². The minimum atomic E-state index is -0.512. The van der Waals surface area contributed by atoms with Gasteiger partial charge in [-0.25, -0.2) is 0 Å². The number of hydrogen-bond acceptors (Lipinski definition) is 6. The minimum absolute atomic E-state index is 0. The van der Waals surface area contributed by atoms with E-state index in [0.717, 1.165) is 35.0 Å². The molecule has 0 heterocycles. The summed E-state index contributed by atoms with van der Waals surface area (Å²) >= 11 is 5.86. The van der Waals surface area contributed by atoms with Crippen molar-refractivity contribution in [1.29, 1.82) is 0 Å². The van der Waals surface area contributed by atoms with Crippen molar-refractivity contribution < 1.29 is 14.0 Å². The average molecular weight is 466 g/mol. The fourth-order valence-electron chi connectivity index (χ4n) is 2.02. The van der Waals surface area contributed by atoms with E-state index in [9.17, 15) is 0 Å². The van der Waals surface area contributed by atoms with Crippen LogP contribution in [0.25, 0.3) is 0 Å². The van der Waals surface area contributed by atoms with Crippen LogP contribution >= 0.6 is 35.3 Å².